The number of rotatable bonds is 10. The topological polar surface area (TPSA) is 74.3 Å². The molecule has 7 heteroatoms. The second-order valence-corrected chi connectivity index (χ2v) is 8.55. The van der Waals surface area contributed by atoms with E-state index >= 15 is 0 Å². The molecule has 0 unspecified atom stereocenters. The lowest BCUT2D eigenvalue weighted by Crippen LogP contribution is -2.36. The van der Waals surface area contributed by atoms with Gasteiger partial charge in [-0.05, 0) is 23.6 Å². The van der Waals surface area contributed by atoms with Crippen LogP contribution in [-0.2, 0) is 11.3 Å². The first kappa shape index (κ1) is 22.5. The number of nitrogens with zero attached hydrogens (tertiary/aromatic N) is 2. The monoisotopic (exact) mass is 436 g/mol. The Hall–Kier alpha value is -3.19. The fourth-order valence-electron chi connectivity index (χ4n) is 2.94. The molecule has 0 spiro atoms. The highest BCUT2D eigenvalue weighted by Crippen LogP contribution is 2.22. The molecule has 1 aromatic heterocycles. The van der Waals surface area contributed by atoms with Crippen LogP contribution in [0.25, 0.3) is 0 Å². The van der Waals surface area contributed by atoms with Crippen LogP contribution in [0.15, 0.2) is 66.0 Å². The molecule has 6 nitrogen and oxygen atoms in total. The fraction of sp³-hybridized carbons (Fsp3) is 0.292. The summed E-state index contributed by atoms with van der Waals surface area (Å²) in [5, 5.41) is 8.54. The van der Waals surface area contributed by atoms with E-state index in [1.54, 1.807) is 10.3 Å². The van der Waals surface area contributed by atoms with Gasteiger partial charge in [0.25, 0.3) is 5.91 Å². The molecule has 2 aromatic carbocycles. The molecule has 0 radical (unpaired) electrons. The van der Waals surface area contributed by atoms with Crippen LogP contribution in [0.5, 0.6) is 0 Å². The van der Waals surface area contributed by atoms with Crippen LogP contribution in [0.3, 0.4) is 0 Å². The molecule has 3 aromatic rings. The normalized spacial score (nSPS) is 10.7. The number of amides is 2. The van der Waals surface area contributed by atoms with Gasteiger partial charge in [-0.15, -0.1) is 11.3 Å². The van der Waals surface area contributed by atoms with Gasteiger partial charge >= 0.3 is 0 Å². The maximum atomic E-state index is 13.2. The number of para-hydroxylation sites is 1. The zero-order valence-corrected chi connectivity index (χ0v) is 18.7. The second kappa shape index (κ2) is 11.3. The van der Waals surface area contributed by atoms with Crippen molar-refractivity contribution in [2.24, 2.45) is 5.92 Å². The molecule has 31 heavy (non-hydrogen) atoms. The lowest BCUT2D eigenvalue weighted by molar-refractivity contribution is -0.121. The minimum atomic E-state index is -0.183. The van der Waals surface area contributed by atoms with Crippen LogP contribution in [0.4, 0.5) is 10.8 Å². The van der Waals surface area contributed by atoms with Crippen LogP contribution in [0.1, 0.15) is 36.3 Å². The summed E-state index contributed by atoms with van der Waals surface area (Å²) in [6, 6.07) is 19.5. The fourth-order valence-corrected chi connectivity index (χ4v) is 3.64. The van der Waals surface area contributed by atoms with Gasteiger partial charge in [0.15, 0.2) is 5.13 Å². The third kappa shape index (κ3) is 7.22. The molecule has 3 rings (SSSR count). The highest BCUT2D eigenvalue weighted by molar-refractivity contribution is 7.14. The van der Waals surface area contributed by atoms with E-state index in [1.165, 1.54) is 11.3 Å². The molecule has 0 atom stereocenters. The Morgan fingerprint density at radius 3 is 2.39 bits per heavy atom. The van der Waals surface area contributed by atoms with Crippen molar-refractivity contribution >= 4 is 34.0 Å². The van der Waals surface area contributed by atoms with Crippen LogP contribution >= 0.6 is 11.3 Å². The van der Waals surface area contributed by atoms with Crippen molar-refractivity contribution in [2.75, 3.05) is 18.4 Å². The summed E-state index contributed by atoms with van der Waals surface area (Å²) in [6.07, 6.45) is 0.255. The predicted octanol–water partition coefficient (Wildman–Crippen LogP) is 4.69. The number of hydrogen-bond donors (Lipinski definition) is 2. The molecular formula is C24H28N4O2S. The van der Waals surface area contributed by atoms with Gasteiger partial charge < -0.3 is 15.5 Å². The van der Waals surface area contributed by atoms with Crippen LogP contribution < -0.4 is 10.6 Å². The standard InChI is InChI=1S/C24H28N4O2S/c1-18(2)15-25-22(29)13-14-28(16-19-9-5-3-6-10-19)23(30)21-17-31-24(27-21)26-20-11-7-4-8-12-20/h3-12,17-18H,13-16H2,1-2H3,(H,25,29)(H,26,27). The quantitative estimate of drug-likeness (QED) is 0.483. The third-order valence-electron chi connectivity index (χ3n) is 4.57. The molecule has 2 amide bonds. The largest absolute Gasteiger partial charge is 0.356 e. The van der Waals surface area contributed by atoms with Gasteiger partial charge in [-0.3, -0.25) is 9.59 Å². The van der Waals surface area contributed by atoms with E-state index in [0.29, 0.717) is 36.4 Å². The molecule has 1 heterocycles. The van der Waals surface area contributed by atoms with E-state index in [0.717, 1.165) is 11.3 Å². The van der Waals surface area contributed by atoms with Crippen molar-refractivity contribution < 1.29 is 9.59 Å². The van der Waals surface area contributed by atoms with Gasteiger partial charge in [0.2, 0.25) is 5.91 Å². The maximum absolute atomic E-state index is 13.2. The van der Waals surface area contributed by atoms with E-state index in [4.69, 9.17) is 0 Å². The number of carbonyl (C=O) groups excluding carboxylic acids is 2. The van der Waals surface area contributed by atoms with Gasteiger partial charge in [-0.2, -0.15) is 0 Å². The number of hydrogen-bond acceptors (Lipinski definition) is 5. The minimum absolute atomic E-state index is 0.0516. The first-order chi connectivity index (χ1) is 15.0. The smallest absolute Gasteiger partial charge is 0.273 e. The second-order valence-electron chi connectivity index (χ2n) is 7.69. The SMILES string of the molecule is CC(C)CNC(=O)CCN(Cc1ccccc1)C(=O)c1csc(Nc2ccccc2)n1. The Bertz CT molecular complexity index is 974. The van der Waals surface area contributed by atoms with Crippen LogP contribution in [0, 0.1) is 5.92 Å². The molecule has 0 bridgehead atoms. The minimum Gasteiger partial charge on any atom is -0.356 e. The number of carbonyl (C=O) groups is 2. The van der Waals surface area contributed by atoms with Gasteiger partial charge in [-0.1, -0.05) is 62.4 Å². The molecule has 0 saturated heterocycles. The first-order valence-corrected chi connectivity index (χ1v) is 11.3. The number of aromatic nitrogens is 1. The summed E-state index contributed by atoms with van der Waals surface area (Å²) in [5.41, 5.74) is 2.30. The van der Waals surface area contributed by atoms with Crippen molar-refractivity contribution in [3.63, 3.8) is 0 Å². The van der Waals surface area contributed by atoms with E-state index < -0.39 is 0 Å². The highest BCUT2D eigenvalue weighted by Gasteiger charge is 2.20. The van der Waals surface area contributed by atoms with E-state index in [9.17, 15) is 9.59 Å². The average molecular weight is 437 g/mol. The average Bonchev–Trinajstić information content (AvgIpc) is 3.24. The molecule has 0 saturated carbocycles. The Morgan fingerprint density at radius 2 is 1.71 bits per heavy atom. The lowest BCUT2D eigenvalue weighted by atomic mass is 10.2. The number of anilines is 2. The van der Waals surface area contributed by atoms with Crippen molar-refractivity contribution in [3.05, 3.63) is 77.3 Å². The molecule has 0 aliphatic rings. The zero-order chi connectivity index (χ0) is 22.1. The molecule has 0 aliphatic heterocycles. The summed E-state index contributed by atoms with van der Waals surface area (Å²) < 4.78 is 0. The Labute approximate surface area is 187 Å². The van der Waals surface area contributed by atoms with E-state index in [1.807, 2.05) is 60.7 Å². The van der Waals surface area contributed by atoms with Crippen molar-refractivity contribution in [2.45, 2.75) is 26.8 Å². The zero-order valence-electron chi connectivity index (χ0n) is 17.9. The Balaban J connectivity index is 1.68. The first-order valence-electron chi connectivity index (χ1n) is 10.4. The van der Waals surface area contributed by atoms with Crippen molar-refractivity contribution in [3.8, 4) is 0 Å². The summed E-state index contributed by atoms with van der Waals surface area (Å²) in [4.78, 5) is 31.6. The Morgan fingerprint density at radius 1 is 1.03 bits per heavy atom. The third-order valence-corrected chi connectivity index (χ3v) is 5.33. The van der Waals surface area contributed by atoms with Crippen LogP contribution in [-0.4, -0.2) is 34.8 Å². The van der Waals surface area contributed by atoms with Crippen LogP contribution in [0.2, 0.25) is 0 Å². The molecule has 2 N–H and O–H groups in total. The van der Waals surface area contributed by atoms with Gasteiger partial charge in [0, 0.05) is 37.1 Å². The number of thiazole rings is 1. The summed E-state index contributed by atoms with van der Waals surface area (Å²) >= 11 is 1.38. The summed E-state index contributed by atoms with van der Waals surface area (Å²) in [6.45, 7) is 5.49. The maximum Gasteiger partial charge on any atom is 0.273 e. The molecule has 162 valence electrons. The molecular weight excluding hydrogens is 408 g/mol. The lowest BCUT2D eigenvalue weighted by Gasteiger charge is -2.22. The number of benzene rings is 2. The summed E-state index contributed by atoms with van der Waals surface area (Å²) in [7, 11) is 0. The van der Waals surface area contributed by atoms with Gasteiger partial charge in [0.05, 0.1) is 0 Å². The van der Waals surface area contributed by atoms with Crippen molar-refractivity contribution in [1.29, 1.82) is 0 Å². The predicted molar refractivity (Wildman–Crippen MR) is 125 cm³/mol. The van der Waals surface area contributed by atoms with E-state index in [2.05, 4.69) is 29.5 Å². The molecule has 0 aliphatic carbocycles. The molecule has 0 fully saturated rings. The van der Waals surface area contributed by atoms with Gasteiger partial charge in [0.1, 0.15) is 5.69 Å². The number of nitrogens with one attached hydrogen (secondary N) is 2. The highest BCUT2D eigenvalue weighted by atomic mass is 32.1. The van der Waals surface area contributed by atoms with E-state index in [-0.39, 0.29) is 18.2 Å². The Kier molecular flexibility index (Phi) is 8.18. The van der Waals surface area contributed by atoms with Crippen molar-refractivity contribution in [1.82, 2.24) is 15.2 Å². The van der Waals surface area contributed by atoms with Gasteiger partial charge in [-0.25, -0.2) is 4.98 Å². The summed E-state index contributed by atoms with van der Waals surface area (Å²) in [5.74, 6) is 0.152.